The van der Waals surface area contributed by atoms with E-state index in [2.05, 4.69) is 26.2 Å². The minimum absolute atomic E-state index is 0.452. The molecule has 1 aliphatic heterocycles. The molecular weight excluding hydrogens is 302 g/mol. The zero-order valence-corrected chi connectivity index (χ0v) is 11.8. The van der Waals surface area contributed by atoms with E-state index in [1.807, 2.05) is 28.6 Å². The Hall–Kier alpha value is -0.750. The summed E-state index contributed by atoms with van der Waals surface area (Å²) in [5.41, 5.74) is 1.87. The van der Waals surface area contributed by atoms with Crippen LogP contribution < -0.4 is 4.74 Å². The summed E-state index contributed by atoms with van der Waals surface area (Å²) >= 11 is 5.54. The van der Waals surface area contributed by atoms with Crippen molar-refractivity contribution in [3.63, 3.8) is 0 Å². The van der Waals surface area contributed by atoms with Crippen LogP contribution in [0.25, 0.3) is 11.0 Å². The number of nitrogens with zero attached hydrogens (tertiary/aromatic N) is 3. The number of benzene rings is 1. The molecule has 1 aliphatic rings. The number of thioether (sulfide) groups is 1. The summed E-state index contributed by atoms with van der Waals surface area (Å²) < 4.78 is 8.37. The van der Waals surface area contributed by atoms with Gasteiger partial charge in [-0.15, -0.1) is 5.10 Å². The molecule has 6 heteroatoms. The van der Waals surface area contributed by atoms with Crippen molar-refractivity contribution in [1.82, 2.24) is 15.0 Å². The number of halogens is 1. The lowest BCUT2D eigenvalue weighted by atomic mass is 10.2. The van der Waals surface area contributed by atoms with Crippen LogP contribution in [0.2, 0.25) is 0 Å². The van der Waals surface area contributed by atoms with E-state index in [9.17, 15) is 0 Å². The van der Waals surface area contributed by atoms with E-state index >= 15 is 0 Å². The van der Waals surface area contributed by atoms with Crippen LogP contribution in [0.5, 0.6) is 5.75 Å². The Morgan fingerprint density at radius 2 is 2.41 bits per heavy atom. The predicted molar refractivity (Wildman–Crippen MR) is 72.8 cm³/mol. The number of aromatic nitrogens is 3. The quantitative estimate of drug-likeness (QED) is 0.854. The predicted octanol–water partition coefficient (Wildman–Crippen LogP) is 2.88. The Morgan fingerprint density at radius 3 is 3.12 bits per heavy atom. The maximum atomic E-state index is 5.32. The highest BCUT2D eigenvalue weighted by Crippen LogP contribution is 2.35. The van der Waals surface area contributed by atoms with Gasteiger partial charge in [-0.05, 0) is 40.2 Å². The zero-order chi connectivity index (χ0) is 11.8. The number of methoxy groups -OCH3 is 1. The molecule has 17 heavy (non-hydrogen) atoms. The summed E-state index contributed by atoms with van der Waals surface area (Å²) in [6, 6.07) is 4.35. The molecule has 0 radical (unpaired) electrons. The van der Waals surface area contributed by atoms with Crippen LogP contribution in [0, 0.1) is 0 Å². The standard InChI is InChI=1S/C11H12BrN3OS/c1-16-9-3-2-8(12)11-10(9)13-14-15(11)7-4-5-17-6-7/h2-3,7H,4-6H2,1H3. The molecule has 1 aromatic carbocycles. The van der Waals surface area contributed by atoms with Crippen molar-refractivity contribution < 1.29 is 4.74 Å². The SMILES string of the molecule is COc1ccc(Br)c2c1nnn2C1CCSC1. The lowest BCUT2D eigenvalue weighted by molar-refractivity contribution is 0.418. The molecule has 1 fully saturated rings. The van der Waals surface area contributed by atoms with Crippen LogP contribution in [-0.4, -0.2) is 33.6 Å². The molecular formula is C11H12BrN3OS. The van der Waals surface area contributed by atoms with Crippen molar-refractivity contribution in [1.29, 1.82) is 0 Å². The van der Waals surface area contributed by atoms with Gasteiger partial charge in [-0.2, -0.15) is 11.8 Å². The van der Waals surface area contributed by atoms with Crippen molar-refractivity contribution in [2.75, 3.05) is 18.6 Å². The van der Waals surface area contributed by atoms with E-state index in [4.69, 9.17) is 4.74 Å². The van der Waals surface area contributed by atoms with E-state index in [0.717, 1.165) is 33.4 Å². The summed E-state index contributed by atoms with van der Waals surface area (Å²) in [7, 11) is 1.66. The van der Waals surface area contributed by atoms with Gasteiger partial charge in [-0.1, -0.05) is 5.21 Å². The van der Waals surface area contributed by atoms with Crippen LogP contribution in [-0.2, 0) is 0 Å². The Kier molecular flexibility index (Phi) is 3.00. The van der Waals surface area contributed by atoms with Gasteiger partial charge in [-0.3, -0.25) is 0 Å². The van der Waals surface area contributed by atoms with Gasteiger partial charge in [0.25, 0.3) is 0 Å². The van der Waals surface area contributed by atoms with Crippen molar-refractivity contribution in [2.24, 2.45) is 0 Å². The number of rotatable bonds is 2. The first kappa shape index (κ1) is 11.3. The zero-order valence-electron chi connectivity index (χ0n) is 9.39. The molecule has 0 amide bonds. The smallest absolute Gasteiger partial charge is 0.156 e. The van der Waals surface area contributed by atoms with Crippen LogP contribution in [0.15, 0.2) is 16.6 Å². The lowest BCUT2D eigenvalue weighted by Gasteiger charge is -2.10. The van der Waals surface area contributed by atoms with Crippen LogP contribution in [0.3, 0.4) is 0 Å². The number of hydrogen-bond acceptors (Lipinski definition) is 4. The number of hydrogen-bond donors (Lipinski definition) is 0. The first-order valence-corrected chi connectivity index (χ1v) is 7.41. The van der Waals surface area contributed by atoms with Gasteiger partial charge in [0.2, 0.25) is 0 Å². The topological polar surface area (TPSA) is 39.9 Å². The first-order valence-electron chi connectivity index (χ1n) is 5.46. The molecule has 0 aliphatic carbocycles. The van der Waals surface area contributed by atoms with Gasteiger partial charge in [0.05, 0.1) is 13.2 Å². The molecule has 1 unspecified atom stereocenters. The van der Waals surface area contributed by atoms with E-state index in [-0.39, 0.29) is 0 Å². The van der Waals surface area contributed by atoms with E-state index in [1.54, 1.807) is 7.11 Å². The Labute approximate surface area is 112 Å². The second kappa shape index (κ2) is 4.49. The Bertz CT molecular complexity index is 551. The maximum Gasteiger partial charge on any atom is 0.156 e. The molecule has 2 aromatic rings. The molecule has 0 bridgehead atoms. The van der Waals surface area contributed by atoms with E-state index in [1.165, 1.54) is 5.75 Å². The fraction of sp³-hybridized carbons (Fsp3) is 0.455. The van der Waals surface area contributed by atoms with Gasteiger partial charge in [-0.25, -0.2) is 4.68 Å². The first-order chi connectivity index (χ1) is 8.31. The molecule has 0 spiro atoms. The average molecular weight is 314 g/mol. The second-order valence-corrected chi connectivity index (χ2v) is 6.00. The lowest BCUT2D eigenvalue weighted by Crippen LogP contribution is -2.09. The highest BCUT2D eigenvalue weighted by Gasteiger charge is 2.23. The van der Waals surface area contributed by atoms with Gasteiger partial charge in [0.1, 0.15) is 11.3 Å². The molecule has 0 saturated carbocycles. The van der Waals surface area contributed by atoms with Gasteiger partial charge < -0.3 is 4.74 Å². The fourth-order valence-electron chi connectivity index (χ4n) is 2.12. The summed E-state index contributed by atoms with van der Waals surface area (Å²) in [6.45, 7) is 0. The van der Waals surface area contributed by atoms with E-state index in [0.29, 0.717) is 6.04 Å². The molecule has 90 valence electrons. The maximum absolute atomic E-state index is 5.32. The molecule has 3 rings (SSSR count). The average Bonchev–Trinajstić information content (AvgIpc) is 2.98. The normalized spacial score (nSPS) is 20.0. The van der Waals surface area contributed by atoms with Gasteiger partial charge >= 0.3 is 0 Å². The summed E-state index contributed by atoms with van der Waals surface area (Å²) in [4.78, 5) is 0. The van der Waals surface area contributed by atoms with Crippen LogP contribution >= 0.6 is 27.7 Å². The minimum atomic E-state index is 0.452. The largest absolute Gasteiger partial charge is 0.494 e. The summed E-state index contributed by atoms with van der Waals surface area (Å²) in [5, 5.41) is 8.53. The summed E-state index contributed by atoms with van der Waals surface area (Å²) in [6.07, 6.45) is 1.16. The Balaban J connectivity index is 2.19. The molecule has 0 N–H and O–H groups in total. The third-order valence-electron chi connectivity index (χ3n) is 3.01. The highest BCUT2D eigenvalue weighted by molar-refractivity contribution is 9.10. The number of ether oxygens (including phenoxy) is 1. The monoisotopic (exact) mass is 313 g/mol. The third-order valence-corrected chi connectivity index (χ3v) is 4.79. The van der Waals surface area contributed by atoms with Crippen LogP contribution in [0.1, 0.15) is 12.5 Å². The minimum Gasteiger partial charge on any atom is -0.494 e. The van der Waals surface area contributed by atoms with Crippen molar-refractivity contribution in [3.05, 3.63) is 16.6 Å². The molecule has 4 nitrogen and oxygen atoms in total. The second-order valence-electron chi connectivity index (χ2n) is 4.00. The highest BCUT2D eigenvalue weighted by atomic mass is 79.9. The molecule has 1 aromatic heterocycles. The molecule has 2 heterocycles. The van der Waals surface area contributed by atoms with Crippen LogP contribution in [0.4, 0.5) is 0 Å². The molecule has 1 atom stereocenters. The third kappa shape index (κ3) is 1.83. The number of fused-ring (bicyclic) bond motifs is 1. The van der Waals surface area contributed by atoms with Gasteiger partial charge in [0, 0.05) is 10.2 Å². The van der Waals surface area contributed by atoms with Gasteiger partial charge in [0.15, 0.2) is 5.52 Å². The van der Waals surface area contributed by atoms with Crippen molar-refractivity contribution in [3.8, 4) is 5.75 Å². The van der Waals surface area contributed by atoms with E-state index < -0.39 is 0 Å². The van der Waals surface area contributed by atoms with Crippen molar-refractivity contribution >= 4 is 38.7 Å². The van der Waals surface area contributed by atoms with Crippen molar-refractivity contribution in [2.45, 2.75) is 12.5 Å². The summed E-state index contributed by atoms with van der Waals surface area (Å²) in [5.74, 6) is 3.09. The molecule has 1 saturated heterocycles. The Morgan fingerprint density at radius 1 is 1.53 bits per heavy atom. The fourth-order valence-corrected chi connectivity index (χ4v) is 3.81.